The third-order valence-corrected chi connectivity index (χ3v) is 3.34. The molecular weight excluding hydrogens is 226 g/mol. The van der Waals surface area contributed by atoms with Gasteiger partial charge in [0.15, 0.2) is 0 Å². The van der Waals surface area contributed by atoms with Gasteiger partial charge in [0, 0.05) is 0 Å². The van der Waals surface area contributed by atoms with Crippen LogP contribution in [0.3, 0.4) is 0 Å². The molecule has 0 spiro atoms. The molecule has 5 heteroatoms. The molecule has 0 N–H and O–H groups in total. The van der Waals surface area contributed by atoms with Crippen molar-refractivity contribution in [2.75, 3.05) is 0 Å². The summed E-state index contributed by atoms with van der Waals surface area (Å²) in [6, 6.07) is 7.15. The van der Waals surface area contributed by atoms with E-state index >= 15 is 0 Å². The lowest BCUT2D eigenvalue weighted by Crippen LogP contribution is -2.16. The number of aryl methyl sites for hydroxylation is 1. The van der Waals surface area contributed by atoms with Gasteiger partial charge in [-0.3, -0.25) is 0 Å². The number of aliphatic imine (C=N–C) groups is 1. The van der Waals surface area contributed by atoms with Crippen LogP contribution in [-0.4, -0.2) is 13.6 Å². The molecule has 0 saturated carbocycles. The second-order valence-corrected chi connectivity index (χ2v) is 5.28. The summed E-state index contributed by atoms with van der Waals surface area (Å²) in [6.07, 6.45) is 0. The van der Waals surface area contributed by atoms with Crippen molar-refractivity contribution in [2.24, 2.45) is 4.99 Å². The normalized spacial score (nSPS) is 17.9. The molecule has 2 rings (SSSR count). The first kappa shape index (κ1) is 10.9. The maximum absolute atomic E-state index is 11.5. The molecule has 1 aromatic rings. The molecule has 0 aromatic heterocycles. The highest BCUT2D eigenvalue weighted by Crippen LogP contribution is 2.19. The van der Waals surface area contributed by atoms with E-state index in [4.69, 9.17) is 4.74 Å². The van der Waals surface area contributed by atoms with Gasteiger partial charge in [-0.2, -0.15) is 0 Å². The zero-order valence-electron chi connectivity index (χ0n) is 8.97. The van der Waals surface area contributed by atoms with E-state index < -0.39 is 9.84 Å². The van der Waals surface area contributed by atoms with Crippen LogP contribution in [0.2, 0.25) is 0 Å². The monoisotopic (exact) mass is 237 g/mol. The van der Waals surface area contributed by atoms with Gasteiger partial charge in [0.25, 0.3) is 9.84 Å². The van der Waals surface area contributed by atoms with E-state index in [1.807, 2.05) is 13.0 Å². The molecule has 1 heterocycles. The van der Waals surface area contributed by atoms with Gasteiger partial charge >= 0.3 is 5.23 Å². The van der Waals surface area contributed by atoms with Gasteiger partial charge in [0.05, 0.1) is 11.1 Å². The number of sulfone groups is 1. The van der Waals surface area contributed by atoms with Gasteiger partial charge in [0.2, 0.25) is 0 Å². The molecule has 1 aliphatic rings. The lowest BCUT2D eigenvalue weighted by Gasteiger charge is -2.04. The smallest absolute Gasteiger partial charge is 0.319 e. The Labute approximate surface area is 94.2 Å². The minimum absolute atomic E-state index is 0.254. The number of benzene rings is 1. The van der Waals surface area contributed by atoms with Gasteiger partial charge in [-0.25, -0.2) is 13.4 Å². The Balaban J connectivity index is 2.28. The zero-order chi connectivity index (χ0) is 11.8. The summed E-state index contributed by atoms with van der Waals surface area (Å²) in [7, 11) is -3.48. The van der Waals surface area contributed by atoms with Crippen LogP contribution in [-0.2, 0) is 9.84 Å². The van der Waals surface area contributed by atoms with Gasteiger partial charge in [-0.15, -0.1) is 0 Å². The quantitative estimate of drug-likeness (QED) is 0.750. The van der Waals surface area contributed by atoms with E-state index in [0.29, 0.717) is 11.4 Å². The Hall–Kier alpha value is -1.62. The van der Waals surface area contributed by atoms with E-state index in [-0.39, 0.29) is 5.23 Å². The molecule has 0 fully saturated rings. The highest BCUT2D eigenvalue weighted by Gasteiger charge is 2.25. The molecule has 0 bridgehead atoms. The number of hydrogen-bond acceptors (Lipinski definition) is 4. The largest absolute Gasteiger partial charge is 0.430 e. The van der Waals surface area contributed by atoms with Crippen LogP contribution < -0.4 is 4.74 Å². The molecule has 4 nitrogen and oxygen atoms in total. The predicted octanol–water partition coefficient (Wildman–Crippen LogP) is 2.02. The minimum atomic E-state index is -3.48. The van der Waals surface area contributed by atoms with Crippen molar-refractivity contribution in [2.45, 2.75) is 13.8 Å². The molecule has 1 aliphatic heterocycles. The highest BCUT2D eigenvalue weighted by atomic mass is 32.2. The van der Waals surface area contributed by atoms with Crippen molar-refractivity contribution < 1.29 is 13.2 Å². The maximum atomic E-state index is 11.5. The van der Waals surface area contributed by atoms with Gasteiger partial charge in [-0.1, -0.05) is 12.1 Å². The van der Waals surface area contributed by atoms with Gasteiger partial charge < -0.3 is 4.74 Å². The van der Waals surface area contributed by atoms with Crippen LogP contribution in [0.4, 0.5) is 0 Å². The molecule has 84 valence electrons. The lowest BCUT2D eigenvalue weighted by molar-refractivity contribution is 0.549. The molecule has 0 saturated heterocycles. The van der Waals surface area contributed by atoms with Crippen LogP contribution in [0.1, 0.15) is 12.5 Å². The first-order valence-electron chi connectivity index (χ1n) is 4.74. The Morgan fingerprint density at radius 3 is 2.56 bits per heavy atom. The van der Waals surface area contributed by atoms with Crippen molar-refractivity contribution in [3.05, 3.63) is 40.9 Å². The Morgan fingerprint density at radius 2 is 2.00 bits per heavy atom. The summed E-state index contributed by atoms with van der Waals surface area (Å²) in [5.74, 6) is 0.477. The van der Waals surface area contributed by atoms with Crippen molar-refractivity contribution in [3.8, 4) is 5.75 Å². The summed E-state index contributed by atoms with van der Waals surface area (Å²) < 4.78 is 28.3. The second-order valence-electron chi connectivity index (χ2n) is 3.60. The molecule has 1 aromatic carbocycles. The van der Waals surface area contributed by atoms with Gasteiger partial charge in [-0.05, 0) is 31.5 Å². The number of hydrogen-bond donors (Lipinski definition) is 0. The third-order valence-electron chi connectivity index (χ3n) is 2.03. The van der Waals surface area contributed by atoms with E-state index in [1.165, 1.54) is 0 Å². The molecule has 16 heavy (non-hydrogen) atoms. The van der Waals surface area contributed by atoms with E-state index in [9.17, 15) is 8.42 Å². The summed E-state index contributed by atoms with van der Waals surface area (Å²) in [6.45, 7) is 3.52. The van der Waals surface area contributed by atoms with Crippen LogP contribution in [0, 0.1) is 6.92 Å². The molecule has 0 aliphatic carbocycles. The zero-order valence-corrected chi connectivity index (χ0v) is 9.78. The molecule has 0 atom stereocenters. The van der Waals surface area contributed by atoms with Crippen molar-refractivity contribution in [3.63, 3.8) is 0 Å². The number of nitrogens with zero attached hydrogens (tertiary/aromatic N) is 1. The average molecular weight is 237 g/mol. The summed E-state index contributed by atoms with van der Waals surface area (Å²) in [4.78, 5) is 3.83. The van der Waals surface area contributed by atoms with E-state index in [1.54, 1.807) is 25.1 Å². The van der Waals surface area contributed by atoms with Crippen molar-refractivity contribution in [1.29, 1.82) is 0 Å². The molecule has 0 amide bonds. The number of allylic oxidation sites excluding steroid dienone is 1. The SMILES string of the molecule is CC1=CS(=O)(=O)C(Oc2cccc(C)c2)=N1. The van der Waals surface area contributed by atoms with Crippen LogP contribution in [0.5, 0.6) is 5.75 Å². The van der Waals surface area contributed by atoms with Gasteiger partial charge in [0.1, 0.15) is 5.75 Å². The summed E-state index contributed by atoms with van der Waals surface area (Å²) in [5, 5.41) is 0.841. The van der Waals surface area contributed by atoms with Crippen molar-refractivity contribution in [1.82, 2.24) is 0 Å². The fourth-order valence-electron chi connectivity index (χ4n) is 1.37. The lowest BCUT2D eigenvalue weighted by atomic mass is 10.2. The average Bonchev–Trinajstić information content (AvgIpc) is 2.39. The summed E-state index contributed by atoms with van der Waals surface area (Å²) >= 11 is 0. The third kappa shape index (κ3) is 2.14. The van der Waals surface area contributed by atoms with Crippen LogP contribution in [0.25, 0.3) is 0 Å². The first-order chi connectivity index (χ1) is 7.47. The fourth-order valence-corrected chi connectivity index (χ4v) is 2.46. The number of rotatable bonds is 1. The topological polar surface area (TPSA) is 55.7 Å². The molecule has 0 unspecified atom stereocenters. The van der Waals surface area contributed by atoms with E-state index in [2.05, 4.69) is 4.99 Å². The van der Waals surface area contributed by atoms with Crippen LogP contribution in [0.15, 0.2) is 40.4 Å². The second kappa shape index (κ2) is 3.75. The Morgan fingerprint density at radius 1 is 1.25 bits per heavy atom. The highest BCUT2D eigenvalue weighted by molar-refractivity contribution is 8.08. The molecule has 0 radical (unpaired) electrons. The minimum Gasteiger partial charge on any atom is -0.430 e. The first-order valence-corrected chi connectivity index (χ1v) is 6.28. The molecular formula is C11H11NO3S. The fraction of sp³-hybridized carbons (Fsp3) is 0.182. The number of ether oxygens (including phenoxy) is 1. The Bertz CT molecular complexity index is 585. The van der Waals surface area contributed by atoms with Crippen LogP contribution >= 0.6 is 0 Å². The summed E-state index contributed by atoms with van der Waals surface area (Å²) in [5.41, 5.74) is 1.43. The van der Waals surface area contributed by atoms with Crippen molar-refractivity contribution >= 4 is 15.1 Å². The van der Waals surface area contributed by atoms with E-state index in [0.717, 1.165) is 11.0 Å². The predicted molar refractivity (Wildman–Crippen MR) is 61.9 cm³/mol. The standard InChI is InChI=1S/C11H11NO3S/c1-8-4-3-5-10(6-8)15-11-12-9(2)7-16(11,13)14/h3-7H,1-2H3. The maximum Gasteiger partial charge on any atom is 0.319 e. The Kier molecular flexibility index (Phi) is 2.55.